The third-order valence-electron chi connectivity index (χ3n) is 9.71. The molecule has 0 aliphatic rings. The second-order valence-electron chi connectivity index (χ2n) is 14.6. The van der Waals surface area contributed by atoms with Crippen LogP contribution in [0.25, 0.3) is 0 Å². The van der Waals surface area contributed by atoms with Crippen molar-refractivity contribution in [2.75, 3.05) is 46.2 Å². The van der Waals surface area contributed by atoms with Crippen LogP contribution in [0.5, 0.6) is 11.5 Å². The minimum Gasteiger partial charge on any atom is -0.488 e. The molecule has 0 aliphatic carbocycles. The van der Waals surface area contributed by atoms with E-state index in [2.05, 4.69) is 41.7 Å². The van der Waals surface area contributed by atoms with Crippen molar-refractivity contribution in [3.8, 4) is 11.5 Å². The van der Waals surface area contributed by atoms with Crippen LogP contribution in [0.1, 0.15) is 59.5 Å². The molecule has 0 saturated heterocycles. The second kappa shape index (κ2) is 25.4. The topological polar surface area (TPSA) is 218 Å². The lowest BCUT2D eigenvalue weighted by Crippen LogP contribution is -2.32. The SMILES string of the molecule is CCOc1c(NC(=O)C(N=Nc2cc(C(=O)Nc3ccccc3CCCl)ccc2Cl)C(C)=O)ccc(NC(=O)C(N=Nc2cc(C(=O)Nc3ccccc3CCCl)ccc2Cl)C(C)=O)c1OCC. The number of benzene rings is 5. The van der Waals surface area contributed by atoms with Crippen LogP contribution in [-0.2, 0) is 32.0 Å². The zero-order chi connectivity index (χ0) is 49.3. The largest absolute Gasteiger partial charge is 0.488 e. The summed E-state index contributed by atoms with van der Waals surface area (Å²) in [7, 11) is 0. The fourth-order valence-electron chi connectivity index (χ4n) is 6.39. The van der Waals surface area contributed by atoms with Crippen molar-refractivity contribution in [3.63, 3.8) is 0 Å². The van der Waals surface area contributed by atoms with Gasteiger partial charge in [-0.05, 0) is 112 Å². The molecule has 5 rings (SSSR count). The summed E-state index contributed by atoms with van der Waals surface area (Å²) in [6.07, 6.45) is 1.07. The summed E-state index contributed by atoms with van der Waals surface area (Å²) >= 11 is 24.7. The minimum absolute atomic E-state index is 0.0181. The molecule has 0 radical (unpaired) electrons. The van der Waals surface area contributed by atoms with Crippen molar-refractivity contribution in [1.29, 1.82) is 0 Å². The van der Waals surface area contributed by atoms with Crippen molar-refractivity contribution in [1.82, 2.24) is 0 Å². The summed E-state index contributed by atoms with van der Waals surface area (Å²) in [5, 5.41) is 27.3. The van der Waals surface area contributed by atoms with Gasteiger partial charge in [0.1, 0.15) is 11.4 Å². The standard InChI is InChI=1S/C48H46Cl4N8O8/c1-5-67-43-37(55-47(65)41(27(3)61)59-57-39-25-31(15-17-33(39)51)45(63)53-35-13-9-7-11-29(35)21-23-49)19-20-38(44(43)68-6-2)56-48(66)42(28(4)62)60-58-40-26-32(16-18-34(40)52)46(64)54-36-14-10-8-12-30(36)22-24-50/h7-20,25-26,41-42H,5-6,21-24H2,1-4H3,(H,53,63)(H,54,64)(H,55,65)(H,56,66). The first-order valence-corrected chi connectivity index (χ1v) is 22.9. The summed E-state index contributed by atoms with van der Waals surface area (Å²) < 4.78 is 11.8. The molecule has 0 spiro atoms. The van der Waals surface area contributed by atoms with Crippen molar-refractivity contribution < 1.29 is 38.2 Å². The number of anilines is 4. The Kier molecular flexibility index (Phi) is 19.5. The second-order valence-corrected chi connectivity index (χ2v) is 16.1. The Morgan fingerprint density at radius 1 is 0.529 bits per heavy atom. The van der Waals surface area contributed by atoms with Crippen LogP contribution in [0, 0.1) is 0 Å². The van der Waals surface area contributed by atoms with Crippen LogP contribution in [-0.4, -0.2) is 72.3 Å². The Labute approximate surface area is 412 Å². The lowest BCUT2D eigenvalue weighted by atomic mass is 10.1. The Balaban J connectivity index is 1.35. The fourth-order valence-corrected chi connectivity index (χ4v) is 7.11. The van der Waals surface area contributed by atoms with Gasteiger partial charge < -0.3 is 30.7 Å². The number of carbonyl (C=O) groups is 6. The quantitative estimate of drug-likeness (QED) is 0.0296. The number of rotatable bonds is 22. The lowest BCUT2D eigenvalue weighted by molar-refractivity contribution is -0.127. The van der Waals surface area contributed by atoms with Gasteiger partial charge in [-0.25, -0.2) is 0 Å². The van der Waals surface area contributed by atoms with E-state index in [4.69, 9.17) is 55.9 Å². The number of aryl methyl sites for hydroxylation is 2. The van der Waals surface area contributed by atoms with Crippen LogP contribution >= 0.6 is 46.4 Å². The predicted molar refractivity (Wildman–Crippen MR) is 265 cm³/mol. The molecule has 0 bridgehead atoms. The van der Waals surface area contributed by atoms with Gasteiger partial charge in [-0.1, -0.05) is 59.6 Å². The number of amides is 4. The van der Waals surface area contributed by atoms with E-state index in [1.54, 1.807) is 38.1 Å². The van der Waals surface area contributed by atoms with E-state index in [-0.39, 0.29) is 68.6 Å². The van der Waals surface area contributed by atoms with Gasteiger partial charge in [-0.2, -0.15) is 20.5 Å². The van der Waals surface area contributed by atoms with Crippen LogP contribution in [0.15, 0.2) is 118 Å². The zero-order valence-corrected chi connectivity index (χ0v) is 40.2. The molecule has 0 aromatic heterocycles. The van der Waals surface area contributed by atoms with Gasteiger partial charge in [0.15, 0.2) is 23.1 Å². The van der Waals surface area contributed by atoms with Crippen LogP contribution in [0.4, 0.5) is 34.1 Å². The maximum absolute atomic E-state index is 13.7. The van der Waals surface area contributed by atoms with E-state index in [9.17, 15) is 28.8 Å². The fraction of sp³-hybridized carbons (Fsp3) is 0.250. The molecule has 4 amide bonds. The number of ether oxygens (including phenoxy) is 2. The number of nitrogens with one attached hydrogen (secondary N) is 4. The first-order valence-electron chi connectivity index (χ1n) is 21.1. The van der Waals surface area contributed by atoms with Gasteiger partial charge in [0.2, 0.25) is 12.1 Å². The van der Waals surface area contributed by atoms with E-state index in [0.29, 0.717) is 36.0 Å². The summed E-state index contributed by atoms with van der Waals surface area (Å²) in [6.45, 7) is 5.78. The number of carbonyl (C=O) groups excluding carboxylic acids is 6. The van der Waals surface area contributed by atoms with Gasteiger partial charge in [0.25, 0.3) is 23.6 Å². The number of alkyl halides is 2. The molecule has 68 heavy (non-hydrogen) atoms. The van der Waals surface area contributed by atoms with Gasteiger partial charge in [0.05, 0.1) is 34.6 Å². The van der Waals surface area contributed by atoms with Gasteiger partial charge >= 0.3 is 0 Å². The molecule has 0 aliphatic heterocycles. The number of ketones is 2. The summed E-state index contributed by atoms with van der Waals surface area (Å²) in [5.41, 5.74) is 3.32. The summed E-state index contributed by atoms with van der Waals surface area (Å²) in [5.74, 6) is -3.44. The molecule has 16 nitrogen and oxygen atoms in total. The molecule has 20 heteroatoms. The number of halogens is 4. The van der Waals surface area contributed by atoms with Crippen molar-refractivity contribution in [2.24, 2.45) is 20.5 Å². The number of azo groups is 2. The Morgan fingerprint density at radius 2 is 0.912 bits per heavy atom. The number of hydrogen-bond acceptors (Lipinski definition) is 12. The number of nitrogens with zero attached hydrogens (tertiary/aromatic N) is 4. The molecule has 354 valence electrons. The normalized spacial score (nSPS) is 12.0. The predicted octanol–water partition coefficient (Wildman–Crippen LogP) is 11.2. The first-order chi connectivity index (χ1) is 32.7. The van der Waals surface area contributed by atoms with Gasteiger partial charge in [-0.3, -0.25) is 28.8 Å². The maximum atomic E-state index is 13.7. The number of para-hydroxylation sites is 2. The Hall–Kier alpha value is -6.72. The third-order valence-corrected chi connectivity index (χ3v) is 10.7. The molecule has 5 aromatic carbocycles. The maximum Gasteiger partial charge on any atom is 0.258 e. The highest BCUT2D eigenvalue weighted by Crippen LogP contribution is 2.42. The monoisotopic (exact) mass is 1000 g/mol. The average Bonchev–Trinajstić information content (AvgIpc) is 3.30. The van der Waals surface area contributed by atoms with Crippen LogP contribution < -0.4 is 30.7 Å². The zero-order valence-electron chi connectivity index (χ0n) is 37.2. The third kappa shape index (κ3) is 13.9. The van der Waals surface area contributed by atoms with Crippen molar-refractivity contribution >= 4 is 116 Å². The van der Waals surface area contributed by atoms with E-state index < -0.39 is 47.3 Å². The van der Waals surface area contributed by atoms with Crippen LogP contribution in [0.2, 0.25) is 10.0 Å². The average molecular weight is 1000 g/mol. The molecule has 0 fully saturated rings. The summed E-state index contributed by atoms with van der Waals surface area (Å²) in [4.78, 5) is 79.5. The molecular weight excluding hydrogens is 958 g/mol. The van der Waals surface area contributed by atoms with E-state index >= 15 is 0 Å². The smallest absolute Gasteiger partial charge is 0.258 e. The van der Waals surface area contributed by atoms with E-state index in [1.807, 2.05) is 24.3 Å². The molecule has 2 atom stereocenters. The summed E-state index contributed by atoms with van der Waals surface area (Å²) in [6, 6.07) is 22.4. The molecule has 5 aromatic rings. The molecular formula is C48H46Cl4N8O8. The van der Waals surface area contributed by atoms with E-state index in [0.717, 1.165) is 25.0 Å². The van der Waals surface area contributed by atoms with Crippen molar-refractivity contribution in [2.45, 2.75) is 52.6 Å². The number of hydrogen-bond donors (Lipinski definition) is 4. The molecule has 0 saturated carbocycles. The highest BCUT2D eigenvalue weighted by atomic mass is 35.5. The lowest BCUT2D eigenvalue weighted by Gasteiger charge is -2.20. The Morgan fingerprint density at radius 3 is 1.26 bits per heavy atom. The van der Waals surface area contributed by atoms with Crippen LogP contribution in [0.3, 0.4) is 0 Å². The van der Waals surface area contributed by atoms with Gasteiger partial charge in [-0.15, -0.1) is 23.2 Å². The Bertz CT molecular complexity index is 2570. The molecule has 0 heterocycles. The highest BCUT2D eigenvalue weighted by molar-refractivity contribution is 6.33. The highest BCUT2D eigenvalue weighted by Gasteiger charge is 2.29. The minimum atomic E-state index is -1.68. The molecule has 2 unspecified atom stereocenters. The van der Waals surface area contributed by atoms with Gasteiger partial charge in [0, 0.05) is 34.3 Å². The molecule has 4 N–H and O–H groups in total. The first kappa shape index (κ1) is 52.3. The van der Waals surface area contributed by atoms with Crippen molar-refractivity contribution in [3.05, 3.63) is 129 Å². The number of Topliss-reactive ketones (excluding diaryl/α,β-unsaturated/α-hetero) is 2. The van der Waals surface area contributed by atoms with E-state index in [1.165, 1.54) is 48.5 Å².